The van der Waals surface area contributed by atoms with E-state index >= 15 is 0 Å². The third kappa shape index (κ3) is 3.51. The van der Waals surface area contributed by atoms with Crippen LogP contribution < -0.4 is 4.74 Å². The van der Waals surface area contributed by atoms with Crippen molar-refractivity contribution in [1.82, 2.24) is 4.90 Å². The van der Waals surface area contributed by atoms with E-state index in [1.807, 2.05) is 29.2 Å². The highest BCUT2D eigenvalue weighted by molar-refractivity contribution is 5.80. The molecule has 2 unspecified atom stereocenters. The summed E-state index contributed by atoms with van der Waals surface area (Å²) in [6.07, 6.45) is 2.68. The lowest BCUT2D eigenvalue weighted by atomic mass is 10.1. The van der Waals surface area contributed by atoms with Crippen molar-refractivity contribution in [3.05, 3.63) is 29.8 Å². The molecule has 1 aliphatic rings. The minimum Gasteiger partial charge on any atom is -0.496 e. The molecule has 1 aromatic carbocycles. The first-order chi connectivity index (χ1) is 9.61. The van der Waals surface area contributed by atoms with Gasteiger partial charge in [-0.3, -0.25) is 4.79 Å². The lowest BCUT2D eigenvalue weighted by Crippen LogP contribution is -2.38. The molecule has 0 saturated carbocycles. The van der Waals surface area contributed by atoms with E-state index in [1.165, 1.54) is 0 Å². The summed E-state index contributed by atoms with van der Waals surface area (Å²) in [4.78, 5) is 14.4. The van der Waals surface area contributed by atoms with Crippen LogP contribution in [0.5, 0.6) is 5.75 Å². The molecular formula is C16H23NO3. The highest BCUT2D eigenvalue weighted by atomic mass is 16.5. The van der Waals surface area contributed by atoms with E-state index in [0.29, 0.717) is 12.8 Å². The number of likely N-dealkylation sites (tertiary alicyclic amines) is 1. The molecular weight excluding hydrogens is 254 g/mol. The quantitative estimate of drug-likeness (QED) is 0.895. The van der Waals surface area contributed by atoms with Gasteiger partial charge < -0.3 is 14.7 Å². The average Bonchev–Trinajstić information content (AvgIpc) is 2.86. The largest absolute Gasteiger partial charge is 0.496 e. The van der Waals surface area contributed by atoms with Gasteiger partial charge in [-0.15, -0.1) is 0 Å². The maximum atomic E-state index is 12.5. The Bertz CT molecular complexity index is 459. The Morgan fingerprint density at radius 1 is 1.50 bits per heavy atom. The van der Waals surface area contributed by atoms with E-state index in [4.69, 9.17) is 4.74 Å². The van der Waals surface area contributed by atoms with E-state index in [9.17, 15) is 9.90 Å². The molecule has 0 spiro atoms. The number of hydrogen-bond acceptors (Lipinski definition) is 3. The van der Waals surface area contributed by atoms with Gasteiger partial charge in [0.2, 0.25) is 5.91 Å². The fraction of sp³-hybridized carbons (Fsp3) is 0.562. The molecule has 2 rings (SSSR count). The highest BCUT2D eigenvalue weighted by Gasteiger charge is 2.29. The van der Waals surface area contributed by atoms with E-state index in [-0.39, 0.29) is 18.1 Å². The zero-order valence-corrected chi connectivity index (χ0v) is 12.2. The Morgan fingerprint density at radius 2 is 2.25 bits per heavy atom. The zero-order valence-electron chi connectivity index (χ0n) is 12.2. The third-order valence-corrected chi connectivity index (χ3v) is 3.84. The van der Waals surface area contributed by atoms with E-state index in [1.54, 1.807) is 14.0 Å². The molecule has 0 aliphatic carbocycles. The SMILES string of the molecule is COc1ccccc1CC(=O)N1CCCC1CC(C)O. The topological polar surface area (TPSA) is 49.8 Å². The molecule has 1 heterocycles. The van der Waals surface area contributed by atoms with Crippen molar-refractivity contribution in [3.63, 3.8) is 0 Å². The second kappa shape index (κ2) is 6.75. The summed E-state index contributed by atoms with van der Waals surface area (Å²) >= 11 is 0. The van der Waals surface area contributed by atoms with Crippen LogP contribution in [-0.4, -0.2) is 41.7 Å². The van der Waals surface area contributed by atoms with Crippen molar-refractivity contribution in [2.24, 2.45) is 0 Å². The molecule has 1 fully saturated rings. The Labute approximate surface area is 120 Å². The lowest BCUT2D eigenvalue weighted by Gasteiger charge is -2.26. The summed E-state index contributed by atoms with van der Waals surface area (Å²) in [6.45, 7) is 2.58. The Balaban J connectivity index is 2.04. The third-order valence-electron chi connectivity index (χ3n) is 3.84. The van der Waals surface area contributed by atoms with Gasteiger partial charge in [-0.25, -0.2) is 0 Å². The predicted octanol–water partition coefficient (Wildman–Crippen LogP) is 2.00. The number of rotatable bonds is 5. The summed E-state index contributed by atoms with van der Waals surface area (Å²) in [7, 11) is 1.62. The standard InChI is InChI=1S/C16H23NO3/c1-12(18)10-14-7-5-9-17(14)16(19)11-13-6-3-4-8-15(13)20-2/h3-4,6,8,12,14,18H,5,7,9-11H2,1-2H3. The number of hydrogen-bond donors (Lipinski definition) is 1. The van der Waals surface area contributed by atoms with Gasteiger partial charge in [0.05, 0.1) is 19.6 Å². The van der Waals surface area contributed by atoms with Crippen molar-refractivity contribution in [1.29, 1.82) is 0 Å². The summed E-state index contributed by atoms with van der Waals surface area (Å²) in [5.41, 5.74) is 0.919. The van der Waals surface area contributed by atoms with E-state index in [0.717, 1.165) is 30.7 Å². The van der Waals surface area contributed by atoms with Gasteiger partial charge >= 0.3 is 0 Å². The molecule has 2 atom stereocenters. The first-order valence-electron chi connectivity index (χ1n) is 7.21. The molecule has 110 valence electrons. The van der Waals surface area contributed by atoms with Crippen LogP contribution in [0.15, 0.2) is 24.3 Å². The molecule has 1 N–H and O–H groups in total. The van der Waals surface area contributed by atoms with Gasteiger partial charge in [-0.1, -0.05) is 18.2 Å². The van der Waals surface area contributed by atoms with E-state index in [2.05, 4.69) is 0 Å². The Morgan fingerprint density at radius 3 is 2.95 bits per heavy atom. The van der Waals surface area contributed by atoms with Crippen molar-refractivity contribution < 1.29 is 14.6 Å². The fourth-order valence-corrected chi connectivity index (χ4v) is 2.92. The van der Waals surface area contributed by atoms with Gasteiger partial charge in [-0.05, 0) is 32.3 Å². The van der Waals surface area contributed by atoms with Crippen LogP contribution in [0.4, 0.5) is 0 Å². The van der Waals surface area contributed by atoms with Crippen LogP contribution in [0.3, 0.4) is 0 Å². The first-order valence-corrected chi connectivity index (χ1v) is 7.21. The van der Waals surface area contributed by atoms with Crippen LogP contribution in [-0.2, 0) is 11.2 Å². The minimum atomic E-state index is -0.361. The van der Waals surface area contributed by atoms with Crippen LogP contribution in [0.25, 0.3) is 0 Å². The lowest BCUT2D eigenvalue weighted by molar-refractivity contribution is -0.131. The monoisotopic (exact) mass is 277 g/mol. The maximum absolute atomic E-state index is 12.5. The Kier molecular flexibility index (Phi) is 5.01. The maximum Gasteiger partial charge on any atom is 0.227 e. The van der Waals surface area contributed by atoms with Crippen LogP contribution >= 0.6 is 0 Å². The van der Waals surface area contributed by atoms with Crippen molar-refractivity contribution >= 4 is 5.91 Å². The molecule has 0 aromatic heterocycles. The number of amides is 1. The number of methoxy groups -OCH3 is 1. The summed E-state index contributed by atoms with van der Waals surface area (Å²) in [5, 5.41) is 9.53. The molecule has 1 aromatic rings. The van der Waals surface area contributed by atoms with Crippen LogP contribution in [0, 0.1) is 0 Å². The van der Waals surface area contributed by atoms with Gasteiger partial charge in [0.1, 0.15) is 5.75 Å². The molecule has 1 amide bonds. The smallest absolute Gasteiger partial charge is 0.227 e. The predicted molar refractivity (Wildman–Crippen MR) is 77.7 cm³/mol. The Hall–Kier alpha value is -1.55. The number of para-hydroxylation sites is 1. The number of benzene rings is 1. The number of carbonyl (C=O) groups excluding carboxylic acids is 1. The van der Waals surface area contributed by atoms with Crippen molar-refractivity contribution in [3.8, 4) is 5.75 Å². The molecule has 1 saturated heterocycles. The first kappa shape index (κ1) is 14.9. The second-order valence-electron chi connectivity index (χ2n) is 5.46. The number of carbonyl (C=O) groups is 1. The second-order valence-corrected chi connectivity index (χ2v) is 5.46. The molecule has 20 heavy (non-hydrogen) atoms. The molecule has 4 nitrogen and oxygen atoms in total. The van der Waals surface area contributed by atoms with Gasteiger partial charge in [0.15, 0.2) is 0 Å². The van der Waals surface area contributed by atoms with E-state index < -0.39 is 0 Å². The van der Waals surface area contributed by atoms with Crippen molar-refractivity contribution in [2.45, 2.75) is 44.8 Å². The highest BCUT2D eigenvalue weighted by Crippen LogP contribution is 2.24. The molecule has 4 heteroatoms. The molecule has 0 radical (unpaired) electrons. The number of nitrogens with zero attached hydrogens (tertiary/aromatic N) is 1. The molecule has 1 aliphatic heterocycles. The summed E-state index contributed by atoms with van der Waals surface area (Å²) in [6, 6.07) is 7.80. The fourth-order valence-electron chi connectivity index (χ4n) is 2.92. The minimum absolute atomic E-state index is 0.123. The number of aliphatic hydroxyl groups is 1. The summed E-state index contributed by atoms with van der Waals surface area (Å²) < 4.78 is 5.29. The normalized spacial score (nSPS) is 19.9. The average molecular weight is 277 g/mol. The molecule has 0 bridgehead atoms. The van der Waals surface area contributed by atoms with Crippen molar-refractivity contribution in [2.75, 3.05) is 13.7 Å². The number of ether oxygens (including phenoxy) is 1. The van der Waals surface area contributed by atoms with Crippen LogP contribution in [0.1, 0.15) is 31.7 Å². The van der Waals surface area contributed by atoms with Gasteiger partial charge in [-0.2, -0.15) is 0 Å². The van der Waals surface area contributed by atoms with Crippen LogP contribution in [0.2, 0.25) is 0 Å². The van der Waals surface area contributed by atoms with Gasteiger partial charge in [0.25, 0.3) is 0 Å². The zero-order chi connectivity index (χ0) is 14.5. The van der Waals surface area contributed by atoms with Gasteiger partial charge in [0, 0.05) is 18.2 Å². The summed E-state index contributed by atoms with van der Waals surface area (Å²) in [5.74, 6) is 0.879. The number of aliphatic hydroxyl groups excluding tert-OH is 1.